The Labute approximate surface area is 164 Å². The molecule has 0 aliphatic heterocycles. The largest absolute Gasteiger partial charge is 0.448 e. The Balaban J connectivity index is 1.72. The highest BCUT2D eigenvalue weighted by Gasteiger charge is 2.25. The first-order chi connectivity index (χ1) is 13.4. The van der Waals surface area contributed by atoms with Gasteiger partial charge < -0.3 is 14.6 Å². The molecule has 2 heterocycles. The van der Waals surface area contributed by atoms with Crippen molar-refractivity contribution in [3.63, 3.8) is 0 Å². The smallest absolute Gasteiger partial charge is 0.351 e. The number of anilines is 1. The fourth-order valence-electron chi connectivity index (χ4n) is 2.44. The lowest BCUT2D eigenvalue weighted by Gasteiger charge is -2.14. The average Bonchev–Trinajstić information content (AvgIpc) is 3.25. The molecule has 0 radical (unpaired) electrons. The van der Waals surface area contributed by atoms with Crippen LogP contribution in [0.25, 0.3) is 10.6 Å². The van der Waals surface area contributed by atoms with Crippen molar-refractivity contribution in [2.24, 2.45) is 0 Å². The van der Waals surface area contributed by atoms with E-state index < -0.39 is 18.0 Å². The number of nitrogens with one attached hydrogen (secondary N) is 1. The first kappa shape index (κ1) is 19.7. The zero-order valence-electron chi connectivity index (χ0n) is 15.5. The van der Waals surface area contributed by atoms with Crippen LogP contribution >= 0.6 is 11.3 Å². The standard InChI is InChI=1S/C19H18FN3O4S/c1-4-14(17(24)22-15-9-10(2)27-23-15)26-19(25)16-11(3)21-18(28-16)12-5-7-13(20)8-6-12/h5-9,14H,4H2,1-3H3,(H,22,23,24). The van der Waals surface area contributed by atoms with Gasteiger partial charge in [0.05, 0.1) is 5.69 Å². The third-order valence-electron chi connectivity index (χ3n) is 3.86. The van der Waals surface area contributed by atoms with E-state index in [9.17, 15) is 14.0 Å². The first-order valence-electron chi connectivity index (χ1n) is 8.56. The van der Waals surface area contributed by atoms with Gasteiger partial charge in [0.15, 0.2) is 11.9 Å². The Bertz CT molecular complexity index is 997. The average molecular weight is 403 g/mol. The summed E-state index contributed by atoms with van der Waals surface area (Å²) in [6, 6.07) is 7.39. The minimum Gasteiger partial charge on any atom is -0.448 e. The maximum atomic E-state index is 13.1. The highest BCUT2D eigenvalue weighted by atomic mass is 32.1. The SMILES string of the molecule is CCC(OC(=O)c1sc(-c2ccc(F)cc2)nc1C)C(=O)Nc1cc(C)on1. The van der Waals surface area contributed by atoms with Crippen molar-refractivity contribution in [3.05, 3.63) is 52.5 Å². The summed E-state index contributed by atoms with van der Waals surface area (Å²) in [6.07, 6.45) is -0.697. The molecule has 2 aromatic heterocycles. The molecule has 1 amide bonds. The molecule has 0 saturated carbocycles. The van der Waals surface area contributed by atoms with E-state index in [4.69, 9.17) is 9.26 Å². The van der Waals surface area contributed by atoms with Crippen LogP contribution in [-0.2, 0) is 9.53 Å². The molecule has 0 aliphatic rings. The van der Waals surface area contributed by atoms with Gasteiger partial charge >= 0.3 is 5.97 Å². The minimum absolute atomic E-state index is 0.254. The molecule has 3 rings (SSSR count). The molecule has 3 aromatic rings. The van der Waals surface area contributed by atoms with E-state index in [0.717, 1.165) is 11.3 Å². The lowest BCUT2D eigenvalue weighted by atomic mass is 10.2. The van der Waals surface area contributed by atoms with Gasteiger partial charge in [-0.05, 0) is 44.5 Å². The highest BCUT2D eigenvalue weighted by molar-refractivity contribution is 7.17. The van der Waals surface area contributed by atoms with Gasteiger partial charge in [0.25, 0.3) is 5.91 Å². The number of thiazole rings is 1. The second-order valence-electron chi connectivity index (χ2n) is 6.05. The molecule has 1 unspecified atom stereocenters. The van der Waals surface area contributed by atoms with Crippen molar-refractivity contribution < 1.29 is 23.2 Å². The van der Waals surface area contributed by atoms with Crippen LogP contribution in [0.2, 0.25) is 0 Å². The number of carbonyl (C=O) groups excluding carboxylic acids is 2. The number of hydrogen-bond donors (Lipinski definition) is 1. The Morgan fingerprint density at radius 2 is 2.00 bits per heavy atom. The number of aromatic nitrogens is 2. The number of esters is 1. The molecule has 7 nitrogen and oxygen atoms in total. The summed E-state index contributed by atoms with van der Waals surface area (Å²) in [7, 11) is 0. The van der Waals surface area contributed by atoms with Crippen LogP contribution in [0.4, 0.5) is 10.2 Å². The second-order valence-corrected chi connectivity index (χ2v) is 7.05. The fourth-order valence-corrected chi connectivity index (χ4v) is 3.39. The van der Waals surface area contributed by atoms with Gasteiger partial charge in [-0.2, -0.15) is 0 Å². The monoisotopic (exact) mass is 403 g/mol. The van der Waals surface area contributed by atoms with Gasteiger partial charge in [0.2, 0.25) is 0 Å². The summed E-state index contributed by atoms with van der Waals surface area (Å²) in [5, 5.41) is 6.81. The summed E-state index contributed by atoms with van der Waals surface area (Å²) in [6.45, 7) is 5.11. The Hall–Kier alpha value is -3.07. The molecule has 146 valence electrons. The van der Waals surface area contributed by atoms with Crippen molar-refractivity contribution >= 4 is 29.0 Å². The van der Waals surface area contributed by atoms with E-state index in [1.54, 1.807) is 39.0 Å². The molecule has 28 heavy (non-hydrogen) atoms. The summed E-state index contributed by atoms with van der Waals surface area (Å²) in [5.74, 6) is -0.680. The summed E-state index contributed by atoms with van der Waals surface area (Å²) < 4.78 is 23.4. The van der Waals surface area contributed by atoms with E-state index in [-0.39, 0.29) is 18.1 Å². The van der Waals surface area contributed by atoms with Crippen LogP contribution in [-0.4, -0.2) is 28.1 Å². The number of ether oxygens (including phenoxy) is 1. The Kier molecular flexibility index (Phi) is 5.84. The summed E-state index contributed by atoms with van der Waals surface area (Å²) >= 11 is 1.13. The molecule has 0 bridgehead atoms. The van der Waals surface area contributed by atoms with Crippen LogP contribution in [0.3, 0.4) is 0 Å². The molecule has 9 heteroatoms. The summed E-state index contributed by atoms with van der Waals surface area (Å²) in [5.41, 5.74) is 1.18. The van der Waals surface area contributed by atoms with Crippen molar-refractivity contribution in [2.45, 2.75) is 33.3 Å². The van der Waals surface area contributed by atoms with E-state index >= 15 is 0 Å². The van der Waals surface area contributed by atoms with Crippen LogP contribution in [0.5, 0.6) is 0 Å². The van der Waals surface area contributed by atoms with Crippen LogP contribution in [0.1, 0.15) is 34.5 Å². The van der Waals surface area contributed by atoms with Gasteiger partial charge in [-0.3, -0.25) is 4.79 Å². The molecule has 1 aromatic carbocycles. The van der Waals surface area contributed by atoms with E-state index in [1.807, 2.05) is 0 Å². The third kappa shape index (κ3) is 4.42. The molecule has 0 saturated heterocycles. The number of amides is 1. The van der Waals surface area contributed by atoms with Crippen LogP contribution in [0, 0.1) is 19.7 Å². The molecule has 1 atom stereocenters. The van der Waals surface area contributed by atoms with Crippen LogP contribution < -0.4 is 5.32 Å². The van der Waals surface area contributed by atoms with Gasteiger partial charge in [0, 0.05) is 11.6 Å². The van der Waals surface area contributed by atoms with Crippen LogP contribution in [0.15, 0.2) is 34.9 Å². The van der Waals surface area contributed by atoms with Gasteiger partial charge in [-0.25, -0.2) is 14.2 Å². The Morgan fingerprint density at radius 1 is 1.29 bits per heavy atom. The zero-order chi connectivity index (χ0) is 20.3. The molecule has 0 fully saturated rings. The van der Waals surface area contributed by atoms with Crippen molar-refractivity contribution in [1.82, 2.24) is 10.1 Å². The number of nitrogens with zero attached hydrogens (tertiary/aromatic N) is 2. The fraction of sp³-hybridized carbons (Fsp3) is 0.263. The summed E-state index contributed by atoms with van der Waals surface area (Å²) in [4.78, 5) is 29.6. The maximum absolute atomic E-state index is 13.1. The number of carbonyl (C=O) groups is 2. The molecule has 0 aliphatic carbocycles. The minimum atomic E-state index is -0.986. The topological polar surface area (TPSA) is 94.3 Å². The zero-order valence-corrected chi connectivity index (χ0v) is 16.3. The molecule has 1 N–H and O–H groups in total. The van der Waals surface area contributed by atoms with E-state index in [2.05, 4.69) is 15.5 Å². The predicted molar refractivity (Wildman–Crippen MR) is 102 cm³/mol. The maximum Gasteiger partial charge on any atom is 0.351 e. The molecular formula is C19H18FN3O4S. The molecular weight excluding hydrogens is 385 g/mol. The predicted octanol–water partition coefficient (Wildman–Crippen LogP) is 4.13. The normalized spacial score (nSPS) is 11.9. The lowest BCUT2D eigenvalue weighted by molar-refractivity contribution is -0.124. The lowest BCUT2D eigenvalue weighted by Crippen LogP contribution is -2.32. The van der Waals surface area contributed by atoms with Crippen molar-refractivity contribution in [3.8, 4) is 10.6 Å². The van der Waals surface area contributed by atoms with E-state index in [1.165, 1.54) is 12.1 Å². The van der Waals surface area contributed by atoms with Gasteiger partial charge in [-0.15, -0.1) is 11.3 Å². The third-order valence-corrected chi connectivity index (χ3v) is 5.05. The van der Waals surface area contributed by atoms with Crippen molar-refractivity contribution in [2.75, 3.05) is 5.32 Å². The first-order valence-corrected chi connectivity index (χ1v) is 9.37. The number of rotatable bonds is 6. The van der Waals surface area contributed by atoms with Crippen molar-refractivity contribution in [1.29, 1.82) is 0 Å². The quantitative estimate of drug-likeness (QED) is 0.622. The Morgan fingerprint density at radius 3 is 2.61 bits per heavy atom. The number of aryl methyl sites for hydroxylation is 2. The number of hydrogen-bond acceptors (Lipinski definition) is 7. The highest BCUT2D eigenvalue weighted by Crippen LogP contribution is 2.29. The number of halogens is 1. The second kappa shape index (κ2) is 8.30. The molecule has 0 spiro atoms. The van der Waals surface area contributed by atoms with Gasteiger partial charge in [0.1, 0.15) is 21.5 Å². The number of benzene rings is 1. The van der Waals surface area contributed by atoms with Gasteiger partial charge in [-0.1, -0.05) is 12.1 Å². The van der Waals surface area contributed by atoms with E-state index in [0.29, 0.717) is 26.9 Å².